The van der Waals surface area contributed by atoms with Gasteiger partial charge in [-0.1, -0.05) is 60.7 Å². The van der Waals surface area contributed by atoms with Crippen LogP contribution in [-0.4, -0.2) is 0 Å². The number of benzene rings is 2. The highest BCUT2D eigenvalue weighted by molar-refractivity contribution is 8.00. The van der Waals surface area contributed by atoms with Crippen LogP contribution in [0.5, 0.6) is 0 Å². The molecule has 0 radical (unpaired) electrons. The van der Waals surface area contributed by atoms with E-state index >= 15 is 0 Å². The van der Waals surface area contributed by atoms with E-state index in [4.69, 9.17) is 5.73 Å². The van der Waals surface area contributed by atoms with E-state index in [0.717, 1.165) is 12.0 Å². The van der Waals surface area contributed by atoms with E-state index in [1.54, 1.807) is 11.3 Å². The molecule has 4 rings (SSSR count). The number of thioether (sulfide) groups is 1. The third-order valence-electron chi connectivity index (χ3n) is 4.38. The molecule has 0 saturated heterocycles. The molecule has 2 aromatic carbocycles. The first-order valence-electron chi connectivity index (χ1n) is 7.84. The number of fused-ring (bicyclic) bond motifs is 1. The van der Waals surface area contributed by atoms with Crippen LogP contribution in [0.4, 0.5) is 5.00 Å². The summed E-state index contributed by atoms with van der Waals surface area (Å²) in [5.74, 6) is 0. The van der Waals surface area contributed by atoms with Crippen molar-refractivity contribution in [3.63, 3.8) is 0 Å². The van der Waals surface area contributed by atoms with Crippen LogP contribution in [0.25, 0.3) is 0 Å². The molecule has 2 atom stereocenters. The maximum atomic E-state index is 9.55. The minimum atomic E-state index is 0.231. The van der Waals surface area contributed by atoms with Crippen molar-refractivity contribution in [2.75, 3.05) is 5.73 Å². The highest BCUT2D eigenvalue weighted by atomic mass is 32.2. The van der Waals surface area contributed by atoms with Gasteiger partial charge in [0.05, 0.1) is 10.8 Å². The maximum Gasteiger partial charge on any atom is 0.104 e. The Hall–Kier alpha value is -2.22. The lowest BCUT2D eigenvalue weighted by molar-refractivity contribution is 0.886. The number of nitrogens with zero attached hydrogens (tertiary/aromatic N) is 1. The van der Waals surface area contributed by atoms with E-state index in [0.29, 0.717) is 15.8 Å². The Morgan fingerprint density at radius 3 is 2.21 bits per heavy atom. The van der Waals surface area contributed by atoms with Crippen molar-refractivity contribution in [1.82, 2.24) is 0 Å². The van der Waals surface area contributed by atoms with E-state index in [2.05, 4.69) is 54.6 Å². The molecule has 0 saturated carbocycles. The fraction of sp³-hybridized carbons (Fsp3) is 0.150. The third kappa shape index (κ3) is 2.60. The van der Waals surface area contributed by atoms with Gasteiger partial charge >= 0.3 is 0 Å². The molecular formula is C20H16N2S2. The number of anilines is 1. The van der Waals surface area contributed by atoms with E-state index in [1.165, 1.54) is 16.0 Å². The van der Waals surface area contributed by atoms with Crippen LogP contribution in [-0.2, 0) is 6.42 Å². The topological polar surface area (TPSA) is 49.8 Å². The van der Waals surface area contributed by atoms with Crippen molar-refractivity contribution in [1.29, 1.82) is 5.26 Å². The first-order chi connectivity index (χ1) is 11.8. The van der Waals surface area contributed by atoms with E-state index in [-0.39, 0.29) is 5.25 Å². The smallest absolute Gasteiger partial charge is 0.104 e. The van der Waals surface area contributed by atoms with Gasteiger partial charge in [-0.3, -0.25) is 0 Å². The summed E-state index contributed by atoms with van der Waals surface area (Å²) in [7, 11) is 0. The fourth-order valence-corrected chi connectivity index (χ4v) is 6.08. The second kappa shape index (κ2) is 6.35. The lowest BCUT2D eigenvalue weighted by atomic mass is 9.97. The molecule has 2 nitrogen and oxygen atoms in total. The maximum absolute atomic E-state index is 9.55. The Kier molecular flexibility index (Phi) is 4.05. The molecule has 2 N–H and O–H groups in total. The molecular weight excluding hydrogens is 332 g/mol. The van der Waals surface area contributed by atoms with Crippen molar-refractivity contribution in [2.45, 2.75) is 16.9 Å². The number of rotatable bonds is 2. The number of nitriles is 1. The van der Waals surface area contributed by atoms with Crippen LogP contribution >= 0.6 is 23.1 Å². The van der Waals surface area contributed by atoms with Gasteiger partial charge in [0.25, 0.3) is 0 Å². The van der Waals surface area contributed by atoms with Gasteiger partial charge in [-0.15, -0.1) is 23.1 Å². The quantitative estimate of drug-likeness (QED) is 0.681. The molecule has 4 heteroatoms. The number of hydrogen-bond acceptors (Lipinski definition) is 4. The predicted molar refractivity (Wildman–Crippen MR) is 102 cm³/mol. The Morgan fingerprint density at radius 1 is 0.958 bits per heavy atom. The summed E-state index contributed by atoms with van der Waals surface area (Å²) in [4.78, 5) is 1.24. The Labute approximate surface area is 149 Å². The van der Waals surface area contributed by atoms with Crippen molar-refractivity contribution in [3.8, 4) is 6.07 Å². The lowest BCUT2D eigenvalue weighted by Crippen LogP contribution is -2.12. The largest absolute Gasteiger partial charge is 0.389 e. The molecule has 1 aromatic heterocycles. The molecule has 0 aliphatic carbocycles. The zero-order chi connectivity index (χ0) is 16.5. The predicted octanol–water partition coefficient (Wildman–Crippen LogP) is 5.32. The number of hydrogen-bond donors (Lipinski definition) is 1. The summed E-state index contributed by atoms with van der Waals surface area (Å²) < 4.78 is 0. The van der Waals surface area contributed by atoms with Crippen molar-refractivity contribution in [3.05, 3.63) is 87.8 Å². The molecule has 118 valence electrons. The monoisotopic (exact) mass is 348 g/mol. The Morgan fingerprint density at radius 2 is 1.58 bits per heavy atom. The van der Waals surface area contributed by atoms with Crippen molar-refractivity contribution < 1.29 is 0 Å². The molecule has 2 heterocycles. The fourth-order valence-electron chi connectivity index (χ4n) is 3.22. The Bertz CT molecular complexity index is 895. The van der Waals surface area contributed by atoms with Crippen molar-refractivity contribution >= 4 is 28.1 Å². The molecule has 1 aliphatic heterocycles. The summed E-state index contributed by atoms with van der Waals surface area (Å²) in [6.07, 6.45) is 0.865. The zero-order valence-electron chi connectivity index (χ0n) is 13.0. The van der Waals surface area contributed by atoms with Gasteiger partial charge in [-0.2, -0.15) is 5.26 Å². The van der Waals surface area contributed by atoms with Gasteiger partial charge in [-0.05, 0) is 23.1 Å². The van der Waals surface area contributed by atoms with Crippen molar-refractivity contribution in [2.24, 2.45) is 0 Å². The molecule has 3 aromatic rings. The van der Waals surface area contributed by atoms with E-state index in [1.807, 2.05) is 23.9 Å². The SMILES string of the molecule is N#Cc1c(N)sc2c1CC(c1ccccc1)SC2c1ccccc1. The van der Waals surface area contributed by atoms with E-state index < -0.39 is 0 Å². The molecule has 0 fully saturated rings. The van der Waals surface area contributed by atoms with Crippen LogP contribution in [0.1, 0.15) is 37.6 Å². The lowest BCUT2D eigenvalue weighted by Gasteiger charge is -2.29. The zero-order valence-corrected chi connectivity index (χ0v) is 14.6. The first kappa shape index (κ1) is 15.3. The van der Waals surface area contributed by atoms with E-state index in [9.17, 15) is 5.26 Å². The highest BCUT2D eigenvalue weighted by Gasteiger charge is 2.34. The van der Waals surface area contributed by atoms with Crippen LogP contribution in [0.3, 0.4) is 0 Å². The van der Waals surface area contributed by atoms with Crippen LogP contribution in [0.2, 0.25) is 0 Å². The van der Waals surface area contributed by atoms with Crippen LogP contribution < -0.4 is 5.73 Å². The summed E-state index contributed by atoms with van der Waals surface area (Å²) in [6, 6.07) is 23.4. The number of nitrogens with two attached hydrogens (primary N) is 1. The van der Waals surface area contributed by atoms with Gasteiger partial charge in [0.1, 0.15) is 11.1 Å². The van der Waals surface area contributed by atoms with Gasteiger partial charge in [-0.25, -0.2) is 0 Å². The average Bonchev–Trinajstić information content (AvgIpc) is 2.97. The summed E-state index contributed by atoms with van der Waals surface area (Å²) in [5.41, 5.74) is 10.5. The number of thiophene rings is 1. The molecule has 2 unspecified atom stereocenters. The van der Waals surface area contributed by atoms with Gasteiger partial charge in [0, 0.05) is 10.1 Å². The average molecular weight is 348 g/mol. The summed E-state index contributed by atoms with van der Waals surface area (Å²) in [5, 5.41) is 10.8. The van der Waals surface area contributed by atoms with Gasteiger partial charge in [0.15, 0.2) is 0 Å². The molecule has 0 spiro atoms. The third-order valence-corrected chi connectivity index (χ3v) is 7.20. The molecule has 0 amide bonds. The van der Waals surface area contributed by atoms with Crippen LogP contribution in [0.15, 0.2) is 60.7 Å². The highest BCUT2D eigenvalue weighted by Crippen LogP contribution is 2.55. The normalized spacial score (nSPS) is 19.5. The summed E-state index contributed by atoms with van der Waals surface area (Å²) in [6.45, 7) is 0. The second-order valence-electron chi connectivity index (χ2n) is 5.83. The Balaban J connectivity index is 1.84. The molecule has 1 aliphatic rings. The minimum Gasteiger partial charge on any atom is -0.389 e. The van der Waals surface area contributed by atoms with Crippen LogP contribution in [0, 0.1) is 11.3 Å². The minimum absolute atomic E-state index is 0.231. The molecule has 0 bridgehead atoms. The number of nitrogen functional groups attached to an aromatic ring is 1. The first-order valence-corrected chi connectivity index (χ1v) is 9.60. The standard InChI is InChI=1S/C20H16N2S2/c21-12-16-15-11-17(13-7-3-1-4-8-13)23-18(19(15)24-20(16)22)14-9-5-2-6-10-14/h1-10,17-18H,11,22H2. The van der Waals surface area contributed by atoms with Gasteiger partial charge in [0.2, 0.25) is 0 Å². The second-order valence-corrected chi connectivity index (χ2v) is 8.22. The molecule has 24 heavy (non-hydrogen) atoms. The summed E-state index contributed by atoms with van der Waals surface area (Å²) >= 11 is 3.53. The van der Waals surface area contributed by atoms with Gasteiger partial charge < -0.3 is 5.73 Å².